The second-order valence-corrected chi connectivity index (χ2v) is 8.92. The van der Waals surface area contributed by atoms with Gasteiger partial charge in [0.25, 0.3) is 0 Å². The van der Waals surface area contributed by atoms with Crippen LogP contribution in [0.2, 0.25) is 0 Å². The molecule has 0 radical (unpaired) electrons. The van der Waals surface area contributed by atoms with E-state index < -0.39 is 0 Å². The van der Waals surface area contributed by atoms with E-state index in [1.54, 1.807) is 20.4 Å². The van der Waals surface area contributed by atoms with E-state index in [1.165, 1.54) is 6.92 Å². The Labute approximate surface area is 211 Å². The number of nitrogens with one attached hydrogen (secondary N) is 2. The van der Waals surface area contributed by atoms with Gasteiger partial charge >= 0.3 is 0 Å². The number of ether oxygens (including phenoxy) is 2. The first kappa shape index (κ1) is 24.7. The highest BCUT2D eigenvalue weighted by molar-refractivity contribution is 7.80. The van der Waals surface area contributed by atoms with E-state index in [-0.39, 0.29) is 18.0 Å². The number of carbonyl (C=O) groups excluding carboxylic acids is 1. The van der Waals surface area contributed by atoms with Gasteiger partial charge in [0.1, 0.15) is 5.75 Å². The molecule has 3 aromatic rings. The van der Waals surface area contributed by atoms with Gasteiger partial charge in [-0.25, -0.2) is 0 Å². The van der Waals surface area contributed by atoms with Crippen molar-refractivity contribution in [2.45, 2.75) is 39.4 Å². The van der Waals surface area contributed by atoms with Crippen molar-refractivity contribution in [3.05, 3.63) is 71.3 Å². The molecule has 0 unspecified atom stereocenters. The highest BCUT2D eigenvalue weighted by Gasteiger charge is 2.42. The predicted octanol–water partition coefficient (Wildman–Crippen LogP) is 4.29. The molecule has 1 aliphatic heterocycles. The first-order valence-corrected chi connectivity index (χ1v) is 11.9. The molecular weight excluding hydrogens is 462 g/mol. The lowest BCUT2D eigenvalue weighted by Crippen LogP contribution is -2.29. The molecule has 1 aromatic carbocycles. The number of carbonyl (C=O) groups is 1. The Morgan fingerprint density at radius 3 is 2.66 bits per heavy atom. The fourth-order valence-electron chi connectivity index (χ4n) is 4.74. The Balaban J connectivity index is 1.85. The number of thiocarbonyl (C=S) groups is 1. The van der Waals surface area contributed by atoms with E-state index in [0.29, 0.717) is 23.2 Å². The molecular formula is C26H31N5O3S. The zero-order valence-electron chi connectivity index (χ0n) is 20.7. The van der Waals surface area contributed by atoms with Crippen LogP contribution in [0.15, 0.2) is 48.7 Å². The molecule has 1 amide bonds. The summed E-state index contributed by atoms with van der Waals surface area (Å²) in [5.74, 6) is 0.407. The van der Waals surface area contributed by atoms with Gasteiger partial charge in [-0.3, -0.25) is 9.78 Å². The number of aryl methyl sites for hydroxylation is 1. The summed E-state index contributed by atoms with van der Waals surface area (Å²) in [6, 6.07) is 13.5. The highest BCUT2D eigenvalue weighted by Crippen LogP contribution is 2.44. The van der Waals surface area contributed by atoms with Crippen LogP contribution in [0, 0.1) is 13.8 Å². The van der Waals surface area contributed by atoms with Crippen LogP contribution < -0.4 is 20.3 Å². The minimum atomic E-state index is -0.174. The maximum absolute atomic E-state index is 11.8. The van der Waals surface area contributed by atoms with Crippen molar-refractivity contribution >= 4 is 34.6 Å². The maximum Gasteiger partial charge on any atom is 0.221 e. The van der Waals surface area contributed by atoms with E-state index in [1.807, 2.05) is 36.4 Å². The summed E-state index contributed by atoms with van der Waals surface area (Å²) in [7, 11) is 3.29. The fourth-order valence-corrected chi connectivity index (χ4v) is 5.08. The number of benzene rings is 1. The number of hydrogen-bond donors (Lipinski definition) is 2. The standard InChI is InChI=1S/C26H31N5O3S/c1-16-14-20(17(2)30(16)12-13-33-4)25-24(21-8-6-7-11-27-21)29-26(35)31(25)19-9-10-23(34-5)22(15-19)28-18(3)32/h6-11,14-15,24-25H,12-13H2,1-5H3,(H,28,32)(H,29,35)/t24-,25+/m0/s1. The van der Waals surface area contributed by atoms with Gasteiger partial charge in [0, 0.05) is 43.9 Å². The van der Waals surface area contributed by atoms with Gasteiger partial charge in [-0.2, -0.15) is 0 Å². The van der Waals surface area contributed by atoms with Crippen molar-refractivity contribution in [3.63, 3.8) is 0 Å². The van der Waals surface area contributed by atoms with Crippen molar-refractivity contribution in [1.29, 1.82) is 0 Å². The van der Waals surface area contributed by atoms with Crippen LogP contribution in [-0.4, -0.2) is 41.4 Å². The van der Waals surface area contributed by atoms with E-state index in [9.17, 15) is 4.79 Å². The molecule has 2 atom stereocenters. The highest BCUT2D eigenvalue weighted by atomic mass is 32.1. The molecule has 1 fully saturated rings. The molecule has 4 rings (SSSR count). The Bertz CT molecular complexity index is 1230. The molecule has 1 saturated heterocycles. The summed E-state index contributed by atoms with van der Waals surface area (Å²) in [5.41, 5.74) is 5.79. The molecule has 0 aliphatic carbocycles. The molecule has 9 heteroatoms. The van der Waals surface area contributed by atoms with Crippen LogP contribution in [0.25, 0.3) is 0 Å². The van der Waals surface area contributed by atoms with Crippen molar-refractivity contribution in [3.8, 4) is 5.75 Å². The third-order valence-corrected chi connectivity index (χ3v) is 6.64. The quantitative estimate of drug-likeness (QED) is 0.453. The molecule has 0 bridgehead atoms. The van der Waals surface area contributed by atoms with Crippen molar-refractivity contribution < 1.29 is 14.3 Å². The van der Waals surface area contributed by atoms with Crippen molar-refractivity contribution in [2.24, 2.45) is 0 Å². The number of methoxy groups -OCH3 is 2. The summed E-state index contributed by atoms with van der Waals surface area (Å²) in [6.07, 6.45) is 1.80. The second kappa shape index (κ2) is 10.5. The Morgan fingerprint density at radius 1 is 1.20 bits per heavy atom. The molecule has 184 valence electrons. The Hall–Kier alpha value is -3.43. The average Bonchev–Trinajstić information content (AvgIpc) is 3.33. The Kier molecular flexibility index (Phi) is 7.37. The number of hydrogen-bond acceptors (Lipinski definition) is 5. The molecule has 35 heavy (non-hydrogen) atoms. The van der Waals surface area contributed by atoms with E-state index >= 15 is 0 Å². The zero-order valence-corrected chi connectivity index (χ0v) is 21.5. The summed E-state index contributed by atoms with van der Waals surface area (Å²) in [6.45, 7) is 7.10. The summed E-state index contributed by atoms with van der Waals surface area (Å²) < 4.78 is 13.1. The molecule has 0 saturated carbocycles. The predicted molar refractivity (Wildman–Crippen MR) is 141 cm³/mol. The van der Waals surface area contributed by atoms with Gasteiger partial charge in [-0.1, -0.05) is 6.07 Å². The minimum Gasteiger partial charge on any atom is -0.495 e. The normalized spacial score (nSPS) is 17.4. The number of nitrogens with zero attached hydrogens (tertiary/aromatic N) is 3. The number of anilines is 2. The number of rotatable bonds is 8. The van der Waals surface area contributed by atoms with Crippen LogP contribution in [0.3, 0.4) is 0 Å². The molecule has 2 aromatic heterocycles. The monoisotopic (exact) mass is 493 g/mol. The van der Waals surface area contributed by atoms with Crippen molar-refractivity contribution in [2.75, 3.05) is 31.0 Å². The van der Waals surface area contributed by atoms with Gasteiger partial charge in [0.15, 0.2) is 5.11 Å². The van der Waals surface area contributed by atoms with Gasteiger partial charge in [-0.15, -0.1) is 0 Å². The molecule has 0 spiro atoms. The van der Waals surface area contributed by atoms with Gasteiger partial charge < -0.3 is 29.6 Å². The van der Waals surface area contributed by atoms with Crippen LogP contribution in [-0.2, 0) is 16.1 Å². The second-order valence-electron chi connectivity index (χ2n) is 8.53. The zero-order chi connectivity index (χ0) is 25.1. The first-order chi connectivity index (χ1) is 16.8. The lowest BCUT2D eigenvalue weighted by atomic mass is 9.96. The molecule has 3 heterocycles. The fraction of sp³-hybridized carbons (Fsp3) is 0.346. The van der Waals surface area contributed by atoms with Crippen LogP contribution >= 0.6 is 12.2 Å². The minimum absolute atomic E-state index is 0.154. The van der Waals surface area contributed by atoms with Crippen LogP contribution in [0.5, 0.6) is 5.75 Å². The number of amides is 1. The summed E-state index contributed by atoms with van der Waals surface area (Å²) >= 11 is 5.86. The van der Waals surface area contributed by atoms with Gasteiger partial charge in [0.05, 0.1) is 37.2 Å². The van der Waals surface area contributed by atoms with Gasteiger partial charge in [-0.05, 0) is 68.0 Å². The Morgan fingerprint density at radius 2 is 2.00 bits per heavy atom. The number of aromatic nitrogens is 2. The SMILES string of the molecule is COCCn1c(C)cc([C@@H]2[C@H](c3ccccn3)NC(=S)N2c2ccc(OC)c(NC(C)=O)c2)c1C. The molecule has 1 aliphatic rings. The van der Waals surface area contributed by atoms with E-state index in [4.69, 9.17) is 21.7 Å². The van der Waals surface area contributed by atoms with Crippen molar-refractivity contribution in [1.82, 2.24) is 14.9 Å². The maximum atomic E-state index is 11.8. The van der Waals surface area contributed by atoms with Gasteiger partial charge in [0.2, 0.25) is 5.91 Å². The number of pyridine rings is 1. The topological polar surface area (TPSA) is 80.7 Å². The van der Waals surface area contributed by atoms with Crippen LogP contribution in [0.4, 0.5) is 11.4 Å². The smallest absolute Gasteiger partial charge is 0.221 e. The summed E-state index contributed by atoms with van der Waals surface area (Å²) in [5, 5.41) is 6.95. The average molecular weight is 494 g/mol. The largest absolute Gasteiger partial charge is 0.495 e. The molecule has 8 nitrogen and oxygen atoms in total. The van der Waals surface area contributed by atoms with Crippen LogP contribution in [0.1, 0.15) is 41.7 Å². The van der Waals surface area contributed by atoms with E-state index in [0.717, 1.165) is 34.9 Å². The molecule has 2 N–H and O–H groups in total. The van der Waals surface area contributed by atoms with E-state index in [2.05, 4.69) is 45.0 Å². The third-order valence-electron chi connectivity index (χ3n) is 6.32. The third kappa shape index (κ3) is 4.87. The lowest BCUT2D eigenvalue weighted by Gasteiger charge is -2.29. The first-order valence-electron chi connectivity index (χ1n) is 11.5. The summed E-state index contributed by atoms with van der Waals surface area (Å²) in [4.78, 5) is 18.6. The lowest BCUT2D eigenvalue weighted by molar-refractivity contribution is -0.114.